The van der Waals surface area contributed by atoms with E-state index in [1.807, 2.05) is 0 Å². The lowest BCUT2D eigenvalue weighted by Crippen LogP contribution is -2.25. The largest absolute Gasteiger partial charge is 0.326 e. The van der Waals surface area contributed by atoms with Gasteiger partial charge in [-0.1, -0.05) is 12.2 Å². The van der Waals surface area contributed by atoms with Crippen molar-refractivity contribution in [2.45, 2.75) is 12.8 Å². The zero-order valence-corrected chi connectivity index (χ0v) is 11.3. The molecule has 0 aliphatic heterocycles. The van der Waals surface area contributed by atoms with Crippen LogP contribution in [0.5, 0.6) is 0 Å². The maximum Gasteiger partial charge on any atom is 0.228 e. The average Bonchev–Trinajstić information content (AvgIpc) is 2.96. The van der Waals surface area contributed by atoms with Crippen LogP contribution in [-0.2, 0) is 4.79 Å². The summed E-state index contributed by atoms with van der Waals surface area (Å²) in [6, 6.07) is 4.64. The first kappa shape index (κ1) is 11.9. The van der Waals surface area contributed by atoms with Crippen molar-refractivity contribution in [1.29, 1.82) is 0 Å². The Balaban J connectivity index is 1.71. The summed E-state index contributed by atoms with van der Waals surface area (Å²) < 4.78 is 13.8. The van der Waals surface area contributed by atoms with E-state index in [1.165, 1.54) is 6.07 Å². The maximum absolute atomic E-state index is 13.3. The molecule has 0 radical (unpaired) electrons. The van der Waals surface area contributed by atoms with Gasteiger partial charge in [0.2, 0.25) is 5.91 Å². The number of rotatable bonds is 2. The van der Waals surface area contributed by atoms with Crippen LogP contribution < -0.4 is 5.32 Å². The van der Waals surface area contributed by atoms with E-state index < -0.39 is 0 Å². The Kier molecular flexibility index (Phi) is 2.98. The van der Waals surface area contributed by atoms with Crippen molar-refractivity contribution in [3.63, 3.8) is 0 Å². The van der Waals surface area contributed by atoms with Gasteiger partial charge in [-0.15, -0.1) is 0 Å². The molecule has 2 nitrogen and oxygen atoms in total. The van der Waals surface area contributed by atoms with Gasteiger partial charge < -0.3 is 5.32 Å². The third-order valence-corrected chi connectivity index (χ3v) is 4.45. The molecule has 0 saturated heterocycles. The molecule has 2 bridgehead atoms. The Bertz CT molecular complexity index is 529. The van der Waals surface area contributed by atoms with Crippen LogP contribution >= 0.6 is 15.9 Å². The van der Waals surface area contributed by atoms with Crippen LogP contribution in [0.25, 0.3) is 0 Å². The molecule has 4 heteroatoms. The van der Waals surface area contributed by atoms with Gasteiger partial charge in [0.05, 0.1) is 4.47 Å². The molecule has 94 valence electrons. The molecule has 18 heavy (non-hydrogen) atoms. The molecule has 0 heterocycles. The van der Waals surface area contributed by atoms with Crippen LogP contribution in [0.3, 0.4) is 0 Å². The first-order chi connectivity index (χ1) is 8.63. The summed E-state index contributed by atoms with van der Waals surface area (Å²) in [4.78, 5) is 12.1. The highest BCUT2D eigenvalue weighted by atomic mass is 79.9. The Morgan fingerprint density at radius 1 is 1.33 bits per heavy atom. The van der Waals surface area contributed by atoms with Gasteiger partial charge in [-0.3, -0.25) is 4.79 Å². The van der Waals surface area contributed by atoms with Crippen LogP contribution in [-0.4, -0.2) is 5.91 Å². The summed E-state index contributed by atoms with van der Waals surface area (Å²) in [6.07, 6.45) is 6.35. The molecular formula is C14H13BrFNO. The molecule has 3 unspecified atom stereocenters. The van der Waals surface area contributed by atoms with Gasteiger partial charge in [0, 0.05) is 11.6 Å². The lowest BCUT2D eigenvalue weighted by Gasteiger charge is -2.17. The van der Waals surface area contributed by atoms with E-state index in [9.17, 15) is 9.18 Å². The normalized spacial score (nSPS) is 28.7. The SMILES string of the molecule is O=C(Nc1ccc(Br)c(F)c1)C1CC2C=CC1C2. The molecular weight excluding hydrogens is 297 g/mol. The Morgan fingerprint density at radius 3 is 2.78 bits per heavy atom. The number of carbonyl (C=O) groups is 1. The summed E-state index contributed by atoms with van der Waals surface area (Å²) in [6.45, 7) is 0. The van der Waals surface area contributed by atoms with Crippen LogP contribution in [0, 0.1) is 23.6 Å². The van der Waals surface area contributed by atoms with Gasteiger partial charge in [-0.25, -0.2) is 4.39 Å². The van der Waals surface area contributed by atoms with E-state index in [2.05, 4.69) is 33.4 Å². The molecule has 1 aromatic rings. The van der Waals surface area contributed by atoms with Crippen LogP contribution in [0.2, 0.25) is 0 Å². The summed E-state index contributed by atoms with van der Waals surface area (Å²) >= 11 is 3.09. The van der Waals surface area contributed by atoms with Crippen molar-refractivity contribution < 1.29 is 9.18 Å². The van der Waals surface area contributed by atoms with Gasteiger partial charge in [0.25, 0.3) is 0 Å². The van der Waals surface area contributed by atoms with Crippen molar-refractivity contribution in [1.82, 2.24) is 0 Å². The van der Waals surface area contributed by atoms with Crippen LogP contribution in [0.4, 0.5) is 10.1 Å². The summed E-state index contributed by atoms with van der Waals surface area (Å²) in [5.41, 5.74) is 0.521. The second-order valence-corrected chi connectivity index (χ2v) is 5.86. The highest BCUT2D eigenvalue weighted by Crippen LogP contribution is 2.43. The van der Waals surface area contributed by atoms with Crippen LogP contribution in [0.15, 0.2) is 34.8 Å². The number of carbonyl (C=O) groups excluding carboxylic acids is 1. The highest BCUT2D eigenvalue weighted by Gasteiger charge is 2.39. The van der Waals surface area contributed by atoms with Crippen molar-refractivity contribution in [2.75, 3.05) is 5.32 Å². The third-order valence-electron chi connectivity index (χ3n) is 3.80. The maximum atomic E-state index is 13.3. The third kappa shape index (κ3) is 2.09. The summed E-state index contributed by atoms with van der Waals surface area (Å²) in [5, 5.41) is 2.80. The predicted octanol–water partition coefficient (Wildman–Crippen LogP) is 3.74. The second kappa shape index (κ2) is 4.50. The summed E-state index contributed by atoms with van der Waals surface area (Å²) in [7, 11) is 0. The Morgan fingerprint density at radius 2 is 2.17 bits per heavy atom. The topological polar surface area (TPSA) is 29.1 Å². The standard InChI is InChI=1S/C14H13BrFNO/c15-12-4-3-10(7-13(12)16)17-14(18)11-6-8-1-2-9(11)5-8/h1-4,7-9,11H,5-6H2,(H,17,18). The highest BCUT2D eigenvalue weighted by molar-refractivity contribution is 9.10. The number of nitrogens with one attached hydrogen (secondary N) is 1. The van der Waals surface area contributed by atoms with Crippen molar-refractivity contribution in [3.8, 4) is 0 Å². The number of benzene rings is 1. The molecule has 1 aromatic carbocycles. The molecule has 1 N–H and O–H groups in total. The van der Waals surface area contributed by atoms with Crippen molar-refractivity contribution in [2.24, 2.45) is 17.8 Å². The summed E-state index contributed by atoms with van der Waals surface area (Å²) in [5.74, 6) is 0.628. The Labute approximate surface area is 113 Å². The minimum Gasteiger partial charge on any atom is -0.326 e. The second-order valence-electron chi connectivity index (χ2n) is 5.00. The molecule has 1 amide bonds. The number of hydrogen-bond donors (Lipinski definition) is 1. The van der Waals surface area contributed by atoms with Gasteiger partial charge >= 0.3 is 0 Å². The molecule has 0 aromatic heterocycles. The van der Waals surface area contributed by atoms with E-state index in [-0.39, 0.29) is 17.6 Å². The van der Waals surface area contributed by atoms with Gasteiger partial charge in [0.1, 0.15) is 5.82 Å². The average molecular weight is 310 g/mol. The first-order valence-electron chi connectivity index (χ1n) is 6.08. The van der Waals surface area contributed by atoms with E-state index in [0.29, 0.717) is 22.0 Å². The fraction of sp³-hybridized carbons (Fsp3) is 0.357. The lowest BCUT2D eigenvalue weighted by atomic mass is 9.93. The number of fused-ring (bicyclic) bond motifs is 2. The smallest absolute Gasteiger partial charge is 0.228 e. The fourth-order valence-corrected chi connectivity index (χ4v) is 3.14. The van der Waals surface area contributed by atoms with Crippen LogP contribution in [0.1, 0.15) is 12.8 Å². The molecule has 2 aliphatic rings. The number of hydrogen-bond acceptors (Lipinski definition) is 1. The number of allylic oxidation sites excluding steroid dienone is 2. The van der Waals surface area contributed by atoms with E-state index in [4.69, 9.17) is 0 Å². The molecule has 3 atom stereocenters. The monoisotopic (exact) mass is 309 g/mol. The fourth-order valence-electron chi connectivity index (χ4n) is 2.89. The van der Waals surface area contributed by atoms with Gasteiger partial charge in [-0.05, 0) is 58.8 Å². The number of anilines is 1. The number of halogens is 2. The molecule has 1 fully saturated rings. The first-order valence-corrected chi connectivity index (χ1v) is 6.87. The van der Waals surface area contributed by atoms with Gasteiger partial charge in [-0.2, -0.15) is 0 Å². The quantitative estimate of drug-likeness (QED) is 0.828. The molecule has 1 saturated carbocycles. The van der Waals surface area contributed by atoms with Crippen molar-refractivity contribution >= 4 is 27.5 Å². The molecule has 3 rings (SSSR count). The zero-order valence-electron chi connectivity index (χ0n) is 9.70. The zero-order chi connectivity index (χ0) is 12.7. The minimum absolute atomic E-state index is 0.00794. The van der Waals surface area contributed by atoms with E-state index in [1.54, 1.807) is 12.1 Å². The minimum atomic E-state index is -0.361. The Hall–Kier alpha value is -1.16. The molecule has 2 aliphatic carbocycles. The predicted molar refractivity (Wildman–Crippen MR) is 71.6 cm³/mol. The van der Waals surface area contributed by atoms with Gasteiger partial charge in [0.15, 0.2) is 0 Å². The lowest BCUT2D eigenvalue weighted by molar-refractivity contribution is -0.120. The van der Waals surface area contributed by atoms with Crippen molar-refractivity contribution in [3.05, 3.63) is 40.6 Å². The molecule has 0 spiro atoms. The van der Waals surface area contributed by atoms with E-state index >= 15 is 0 Å². The number of amides is 1. The van der Waals surface area contributed by atoms with E-state index in [0.717, 1.165) is 12.8 Å².